The fourth-order valence-electron chi connectivity index (χ4n) is 3.85. The number of hydrogen-bond donors (Lipinski definition) is 0. The van der Waals surface area contributed by atoms with Gasteiger partial charge in [-0.3, -0.25) is 0 Å². The highest BCUT2D eigenvalue weighted by Crippen LogP contribution is 2.66. The molecular formula is C17H26O3. The van der Waals surface area contributed by atoms with Crippen molar-refractivity contribution in [3.8, 4) is 0 Å². The van der Waals surface area contributed by atoms with Crippen molar-refractivity contribution in [2.75, 3.05) is 13.2 Å². The maximum Gasteiger partial charge on any atom is 0.336 e. The third-order valence-corrected chi connectivity index (χ3v) is 5.76. The Morgan fingerprint density at radius 2 is 2.10 bits per heavy atom. The molecule has 0 saturated heterocycles. The van der Waals surface area contributed by atoms with Crippen molar-refractivity contribution in [1.29, 1.82) is 0 Å². The van der Waals surface area contributed by atoms with Gasteiger partial charge in [0.2, 0.25) is 0 Å². The normalized spacial score (nSPS) is 34.0. The second-order valence-corrected chi connectivity index (χ2v) is 6.91. The van der Waals surface area contributed by atoms with Gasteiger partial charge in [-0.25, -0.2) is 4.79 Å². The first-order chi connectivity index (χ1) is 9.33. The van der Waals surface area contributed by atoms with Gasteiger partial charge in [-0.2, -0.15) is 0 Å². The molecule has 0 heterocycles. The minimum atomic E-state index is -0.316. The molecule has 3 nitrogen and oxygen atoms in total. The van der Waals surface area contributed by atoms with Crippen molar-refractivity contribution < 1.29 is 14.3 Å². The maximum absolute atomic E-state index is 12.1. The minimum absolute atomic E-state index is 0.0138. The lowest BCUT2D eigenvalue weighted by molar-refractivity contribution is -0.152. The molecule has 2 fully saturated rings. The minimum Gasteiger partial charge on any atom is -0.458 e. The Morgan fingerprint density at radius 1 is 1.40 bits per heavy atom. The molecule has 0 aromatic rings. The molecule has 0 N–H and O–H groups in total. The van der Waals surface area contributed by atoms with Gasteiger partial charge < -0.3 is 9.47 Å². The molecule has 0 amide bonds. The number of rotatable bonds is 6. The van der Waals surface area contributed by atoms with Gasteiger partial charge in [0, 0.05) is 5.41 Å². The lowest BCUT2D eigenvalue weighted by Crippen LogP contribution is -2.38. The van der Waals surface area contributed by atoms with Crippen LogP contribution >= 0.6 is 0 Å². The van der Waals surface area contributed by atoms with Gasteiger partial charge in [0.1, 0.15) is 6.10 Å². The van der Waals surface area contributed by atoms with E-state index in [0.717, 1.165) is 12.8 Å². The Labute approximate surface area is 122 Å². The molecule has 20 heavy (non-hydrogen) atoms. The summed E-state index contributed by atoms with van der Waals surface area (Å²) < 4.78 is 11.0. The van der Waals surface area contributed by atoms with E-state index in [2.05, 4.69) is 33.9 Å². The number of hydrogen-bond acceptors (Lipinski definition) is 3. The quantitative estimate of drug-likeness (QED) is 0.323. The molecule has 3 unspecified atom stereocenters. The van der Waals surface area contributed by atoms with Gasteiger partial charge in [0.25, 0.3) is 0 Å². The van der Waals surface area contributed by atoms with Crippen molar-refractivity contribution in [2.24, 2.45) is 16.7 Å². The lowest BCUT2D eigenvalue weighted by atomic mass is 9.70. The van der Waals surface area contributed by atoms with Crippen LogP contribution in [-0.4, -0.2) is 25.3 Å². The molecule has 112 valence electrons. The summed E-state index contributed by atoms with van der Waals surface area (Å²) in [5.41, 5.74) is 0.727. The van der Waals surface area contributed by atoms with Crippen molar-refractivity contribution in [3.05, 3.63) is 24.8 Å². The summed E-state index contributed by atoms with van der Waals surface area (Å²) in [6.07, 6.45) is 5.04. The molecule has 2 rings (SSSR count). The number of carbonyl (C=O) groups is 1. The smallest absolute Gasteiger partial charge is 0.336 e. The second-order valence-electron chi connectivity index (χ2n) is 6.91. The van der Waals surface area contributed by atoms with Crippen LogP contribution in [-0.2, 0) is 14.3 Å². The summed E-state index contributed by atoms with van der Waals surface area (Å²) in [6.45, 7) is 14.8. The van der Waals surface area contributed by atoms with Crippen molar-refractivity contribution in [1.82, 2.24) is 0 Å². The summed E-state index contributed by atoms with van der Waals surface area (Å²) in [4.78, 5) is 12.1. The highest BCUT2D eigenvalue weighted by Gasteiger charge is 2.62. The van der Waals surface area contributed by atoms with Gasteiger partial charge in [0.15, 0.2) is 0 Å². The monoisotopic (exact) mass is 278 g/mol. The Kier molecular flexibility index (Phi) is 4.10. The van der Waals surface area contributed by atoms with Gasteiger partial charge in [0.05, 0.1) is 18.8 Å². The largest absolute Gasteiger partial charge is 0.458 e. The highest BCUT2D eigenvalue weighted by atomic mass is 16.5. The van der Waals surface area contributed by atoms with Crippen molar-refractivity contribution in [2.45, 2.75) is 46.1 Å². The Bertz CT molecular complexity index is 424. The van der Waals surface area contributed by atoms with E-state index in [1.165, 1.54) is 6.42 Å². The first-order valence-corrected chi connectivity index (χ1v) is 7.40. The van der Waals surface area contributed by atoms with E-state index in [0.29, 0.717) is 18.1 Å². The zero-order valence-corrected chi connectivity index (χ0v) is 12.9. The molecular weight excluding hydrogens is 252 g/mol. The van der Waals surface area contributed by atoms with E-state index in [1.54, 1.807) is 6.08 Å². The zero-order chi connectivity index (χ0) is 15.0. The van der Waals surface area contributed by atoms with E-state index < -0.39 is 0 Å². The van der Waals surface area contributed by atoms with Gasteiger partial charge in [-0.1, -0.05) is 33.4 Å². The molecule has 0 aromatic carbocycles. The van der Waals surface area contributed by atoms with Crippen LogP contribution in [0.1, 0.15) is 40.0 Å². The van der Waals surface area contributed by atoms with E-state index in [-0.39, 0.29) is 29.5 Å². The summed E-state index contributed by atoms with van der Waals surface area (Å²) in [6, 6.07) is 0. The summed E-state index contributed by atoms with van der Waals surface area (Å²) >= 11 is 0. The van der Waals surface area contributed by atoms with Crippen molar-refractivity contribution in [3.63, 3.8) is 0 Å². The molecule has 2 aliphatic carbocycles. The second kappa shape index (κ2) is 5.36. The van der Waals surface area contributed by atoms with Crippen molar-refractivity contribution >= 4 is 5.97 Å². The van der Waals surface area contributed by atoms with Crippen LogP contribution in [0.5, 0.6) is 0 Å². The summed E-state index contributed by atoms with van der Waals surface area (Å²) in [5, 5.41) is 0. The third-order valence-electron chi connectivity index (χ3n) is 5.76. The average Bonchev–Trinajstić information content (AvgIpc) is 2.72. The molecule has 0 aromatic heterocycles. The Morgan fingerprint density at radius 3 is 2.60 bits per heavy atom. The van der Waals surface area contributed by atoms with Crippen LogP contribution in [0.3, 0.4) is 0 Å². The van der Waals surface area contributed by atoms with Crippen LogP contribution in [0.25, 0.3) is 0 Å². The van der Waals surface area contributed by atoms with E-state index in [9.17, 15) is 4.79 Å². The SMILES string of the molecule is C=CCOCC(=C)C(=O)OC1CC2CCC1(C)C2(C)C. The predicted molar refractivity (Wildman–Crippen MR) is 79.3 cm³/mol. The molecule has 0 spiro atoms. The summed E-state index contributed by atoms with van der Waals surface area (Å²) in [5.74, 6) is 0.346. The molecule has 2 saturated carbocycles. The molecule has 3 atom stereocenters. The number of fused-ring (bicyclic) bond motifs is 2. The molecule has 2 bridgehead atoms. The van der Waals surface area contributed by atoms with E-state index in [1.807, 2.05) is 0 Å². The van der Waals surface area contributed by atoms with Gasteiger partial charge in [-0.15, -0.1) is 6.58 Å². The Hall–Kier alpha value is -1.09. The van der Waals surface area contributed by atoms with Crippen LogP contribution in [0.15, 0.2) is 24.8 Å². The third kappa shape index (κ3) is 2.32. The predicted octanol–water partition coefficient (Wildman–Crippen LogP) is 3.50. The number of carbonyl (C=O) groups excluding carboxylic acids is 1. The van der Waals surface area contributed by atoms with E-state index >= 15 is 0 Å². The Balaban J connectivity index is 1.93. The standard InChI is InChI=1S/C17H26O3/c1-6-9-19-11-12(2)15(18)20-14-10-13-7-8-17(14,5)16(13,3)4/h6,13-14H,1-2,7-11H2,3-5H3. The molecule has 0 aliphatic heterocycles. The first-order valence-electron chi connectivity index (χ1n) is 7.40. The highest BCUT2D eigenvalue weighted by molar-refractivity contribution is 5.88. The van der Waals surface area contributed by atoms with Crippen LogP contribution in [0.4, 0.5) is 0 Å². The first kappa shape index (κ1) is 15.3. The lowest BCUT2D eigenvalue weighted by Gasteiger charge is -2.38. The average molecular weight is 278 g/mol. The fourth-order valence-corrected chi connectivity index (χ4v) is 3.85. The summed E-state index contributed by atoms with van der Waals surface area (Å²) in [7, 11) is 0. The maximum atomic E-state index is 12.1. The topological polar surface area (TPSA) is 35.5 Å². The van der Waals surface area contributed by atoms with Crippen LogP contribution < -0.4 is 0 Å². The molecule has 0 radical (unpaired) electrons. The number of ether oxygens (including phenoxy) is 2. The molecule has 3 heteroatoms. The number of esters is 1. The van der Waals surface area contributed by atoms with E-state index in [4.69, 9.17) is 9.47 Å². The van der Waals surface area contributed by atoms with Gasteiger partial charge in [-0.05, 0) is 30.6 Å². The van der Waals surface area contributed by atoms with Crippen LogP contribution in [0.2, 0.25) is 0 Å². The zero-order valence-electron chi connectivity index (χ0n) is 12.9. The van der Waals surface area contributed by atoms with Crippen LogP contribution in [0, 0.1) is 16.7 Å². The van der Waals surface area contributed by atoms with Gasteiger partial charge >= 0.3 is 5.97 Å². The fraction of sp³-hybridized carbons (Fsp3) is 0.706. The molecule has 2 aliphatic rings.